The summed E-state index contributed by atoms with van der Waals surface area (Å²) >= 11 is 0. The molecule has 1 aliphatic rings. The monoisotopic (exact) mass is 265 g/mol. The van der Waals surface area contributed by atoms with E-state index < -0.39 is 0 Å². The first-order valence-electron chi connectivity index (χ1n) is 6.29. The Morgan fingerprint density at radius 3 is 2.63 bits per heavy atom. The Labute approximate surface area is 111 Å². The van der Waals surface area contributed by atoms with E-state index >= 15 is 0 Å². The van der Waals surface area contributed by atoms with Gasteiger partial charge < -0.3 is 20.3 Å². The van der Waals surface area contributed by atoms with Gasteiger partial charge >= 0.3 is 0 Å². The van der Waals surface area contributed by atoms with Crippen LogP contribution < -0.4 is 5.73 Å². The van der Waals surface area contributed by atoms with Gasteiger partial charge in [-0.2, -0.15) is 0 Å². The highest BCUT2D eigenvalue weighted by Crippen LogP contribution is 2.31. The van der Waals surface area contributed by atoms with E-state index in [4.69, 9.17) is 15.4 Å². The number of likely N-dealkylation sites (tertiary alicyclic amines) is 1. The quantitative estimate of drug-likeness (QED) is 0.367. The summed E-state index contributed by atoms with van der Waals surface area (Å²) in [5, 5.41) is 11.9. The minimum atomic E-state index is -0.344. The molecule has 0 aromatic carbocycles. The fourth-order valence-electron chi connectivity index (χ4n) is 2.32. The van der Waals surface area contributed by atoms with Crippen LogP contribution in [0.5, 0.6) is 0 Å². The number of amidine groups is 1. The van der Waals surface area contributed by atoms with Gasteiger partial charge in [0.1, 0.15) is 5.84 Å². The van der Waals surface area contributed by atoms with Crippen LogP contribution in [0.1, 0.15) is 35.9 Å². The summed E-state index contributed by atoms with van der Waals surface area (Å²) in [7, 11) is 0. The maximum Gasteiger partial charge on any atom is 0.289 e. The summed E-state index contributed by atoms with van der Waals surface area (Å²) in [5.74, 6) is 0.533. The molecule has 1 aromatic rings. The lowest BCUT2D eigenvalue weighted by molar-refractivity contribution is 0.0633. The van der Waals surface area contributed by atoms with Gasteiger partial charge in [-0.1, -0.05) is 12.1 Å². The highest BCUT2D eigenvalue weighted by atomic mass is 16.4. The topological polar surface area (TPSA) is 92.1 Å². The molecule has 0 aliphatic carbocycles. The summed E-state index contributed by atoms with van der Waals surface area (Å²) < 4.78 is 5.22. The van der Waals surface area contributed by atoms with Crippen LogP contribution in [0.15, 0.2) is 21.9 Å². The largest absolute Gasteiger partial charge is 0.459 e. The van der Waals surface area contributed by atoms with Crippen molar-refractivity contribution < 1.29 is 14.4 Å². The van der Waals surface area contributed by atoms with Crippen molar-refractivity contribution in [2.45, 2.75) is 26.7 Å². The average molecular weight is 265 g/mol. The molecule has 0 saturated carbocycles. The van der Waals surface area contributed by atoms with Gasteiger partial charge in [-0.3, -0.25) is 4.79 Å². The van der Waals surface area contributed by atoms with Crippen molar-refractivity contribution in [2.75, 3.05) is 13.1 Å². The second kappa shape index (κ2) is 4.95. The van der Waals surface area contributed by atoms with Gasteiger partial charge in [0, 0.05) is 24.1 Å². The lowest BCUT2D eigenvalue weighted by atomic mass is 9.79. The van der Waals surface area contributed by atoms with E-state index in [2.05, 4.69) is 5.16 Å². The molecule has 0 spiro atoms. The van der Waals surface area contributed by atoms with Gasteiger partial charge in [0.05, 0.1) is 6.26 Å². The third kappa shape index (κ3) is 2.43. The molecule has 1 aromatic heterocycles. The van der Waals surface area contributed by atoms with E-state index in [1.165, 1.54) is 6.26 Å². The maximum absolute atomic E-state index is 12.3. The van der Waals surface area contributed by atoms with Crippen molar-refractivity contribution in [3.8, 4) is 0 Å². The van der Waals surface area contributed by atoms with Crippen molar-refractivity contribution in [3.05, 3.63) is 23.7 Å². The Hall–Kier alpha value is -1.98. The second-order valence-electron chi connectivity index (χ2n) is 5.27. The smallest absolute Gasteiger partial charge is 0.289 e. The number of oxime groups is 1. The number of piperidine rings is 1. The SMILES string of the molecule is Cc1ccoc1C(=O)N1CCC(C)(/C(N)=N/O)CC1. The number of hydrogen-bond acceptors (Lipinski definition) is 4. The van der Waals surface area contributed by atoms with Crippen LogP contribution in [-0.2, 0) is 0 Å². The molecule has 1 fully saturated rings. The number of nitrogens with two attached hydrogens (primary N) is 1. The molecule has 6 nitrogen and oxygen atoms in total. The fraction of sp³-hybridized carbons (Fsp3) is 0.538. The molecule has 104 valence electrons. The minimum Gasteiger partial charge on any atom is -0.459 e. The van der Waals surface area contributed by atoms with E-state index in [0.717, 1.165) is 5.56 Å². The molecule has 6 heteroatoms. The molecule has 0 radical (unpaired) electrons. The Kier molecular flexibility index (Phi) is 3.50. The maximum atomic E-state index is 12.3. The average Bonchev–Trinajstić information content (AvgIpc) is 2.84. The molecule has 0 bridgehead atoms. The fourth-order valence-corrected chi connectivity index (χ4v) is 2.32. The molecule has 0 atom stereocenters. The molecule has 19 heavy (non-hydrogen) atoms. The molecule has 1 amide bonds. The number of nitrogens with zero attached hydrogens (tertiary/aromatic N) is 2. The van der Waals surface area contributed by atoms with Gasteiger partial charge in [-0.05, 0) is 25.8 Å². The Balaban J connectivity index is 2.05. The summed E-state index contributed by atoms with van der Waals surface area (Å²) in [6.07, 6.45) is 2.87. The van der Waals surface area contributed by atoms with Gasteiger partial charge in [0.15, 0.2) is 5.76 Å². The lowest BCUT2D eigenvalue weighted by Crippen LogP contribution is -2.47. The predicted molar refractivity (Wildman–Crippen MR) is 70.1 cm³/mol. The van der Waals surface area contributed by atoms with Crippen molar-refractivity contribution in [3.63, 3.8) is 0 Å². The van der Waals surface area contributed by atoms with Crippen LogP contribution >= 0.6 is 0 Å². The van der Waals surface area contributed by atoms with Crippen LogP contribution in [0.25, 0.3) is 0 Å². The van der Waals surface area contributed by atoms with E-state index in [9.17, 15) is 4.79 Å². The van der Waals surface area contributed by atoms with Crippen molar-refractivity contribution in [1.29, 1.82) is 0 Å². The molecule has 0 unspecified atom stereocenters. The first-order chi connectivity index (χ1) is 8.98. The van der Waals surface area contributed by atoms with Crippen LogP contribution in [0.3, 0.4) is 0 Å². The Bertz CT molecular complexity index is 499. The van der Waals surface area contributed by atoms with Gasteiger partial charge in [-0.25, -0.2) is 0 Å². The van der Waals surface area contributed by atoms with Gasteiger partial charge in [0.25, 0.3) is 5.91 Å². The van der Waals surface area contributed by atoms with Crippen LogP contribution in [0.4, 0.5) is 0 Å². The number of carbonyl (C=O) groups excluding carboxylic acids is 1. The zero-order chi connectivity index (χ0) is 14.0. The van der Waals surface area contributed by atoms with E-state index in [-0.39, 0.29) is 17.2 Å². The van der Waals surface area contributed by atoms with E-state index in [1.54, 1.807) is 11.0 Å². The molecule has 2 heterocycles. The summed E-state index contributed by atoms with van der Waals surface area (Å²) in [4.78, 5) is 14.0. The molecule has 3 N–H and O–H groups in total. The van der Waals surface area contributed by atoms with Crippen LogP contribution in [0.2, 0.25) is 0 Å². The number of rotatable bonds is 2. The minimum absolute atomic E-state index is 0.0935. The normalized spacial score (nSPS) is 19.5. The Morgan fingerprint density at radius 2 is 2.16 bits per heavy atom. The number of furan rings is 1. The third-order valence-corrected chi connectivity index (χ3v) is 3.94. The van der Waals surface area contributed by atoms with E-state index in [0.29, 0.717) is 31.7 Å². The second-order valence-corrected chi connectivity index (χ2v) is 5.27. The third-order valence-electron chi connectivity index (χ3n) is 3.94. The highest BCUT2D eigenvalue weighted by Gasteiger charge is 2.36. The number of amides is 1. The van der Waals surface area contributed by atoms with Crippen molar-refractivity contribution in [1.82, 2.24) is 4.90 Å². The summed E-state index contributed by atoms with van der Waals surface area (Å²) in [6, 6.07) is 1.78. The van der Waals surface area contributed by atoms with E-state index in [1.807, 2.05) is 13.8 Å². The van der Waals surface area contributed by atoms with Crippen LogP contribution in [0, 0.1) is 12.3 Å². The summed E-state index contributed by atoms with van der Waals surface area (Å²) in [5.41, 5.74) is 6.20. The van der Waals surface area contributed by atoms with Gasteiger partial charge in [-0.15, -0.1) is 0 Å². The first kappa shape index (κ1) is 13.5. The predicted octanol–water partition coefficient (Wildman–Crippen LogP) is 1.58. The zero-order valence-corrected chi connectivity index (χ0v) is 11.2. The first-order valence-corrected chi connectivity index (χ1v) is 6.29. The van der Waals surface area contributed by atoms with Gasteiger partial charge in [0.2, 0.25) is 0 Å². The number of hydrogen-bond donors (Lipinski definition) is 2. The molecular formula is C13H19N3O3. The number of aryl methyl sites for hydroxylation is 1. The molecular weight excluding hydrogens is 246 g/mol. The molecule has 2 rings (SSSR count). The molecule has 1 saturated heterocycles. The number of carbonyl (C=O) groups is 1. The van der Waals surface area contributed by atoms with Crippen molar-refractivity contribution in [2.24, 2.45) is 16.3 Å². The van der Waals surface area contributed by atoms with Crippen LogP contribution in [-0.4, -0.2) is 34.9 Å². The zero-order valence-electron chi connectivity index (χ0n) is 11.2. The van der Waals surface area contributed by atoms with Crippen molar-refractivity contribution >= 4 is 11.7 Å². The standard InChI is InChI=1S/C13H19N3O3/c1-9-3-8-19-10(9)11(17)16-6-4-13(2,5-7-16)12(14)15-18/h3,8,18H,4-7H2,1-2H3,(H2,14,15). The Morgan fingerprint density at radius 1 is 1.53 bits per heavy atom. The molecule has 1 aliphatic heterocycles. The summed E-state index contributed by atoms with van der Waals surface area (Å²) in [6.45, 7) is 4.95. The lowest BCUT2D eigenvalue weighted by Gasteiger charge is -2.38. The highest BCUT2D eigenvalue weighted by molar-refractivity contribution is 5.93.